The summed E-state index contributed by atoms with van der Waals surface area (Å²) in [5.74, 6) is -1.50. The van der Waals surface area contributed by atoms with Gasteiger partial charge in [0.05, 0.1) is 10.0 Å². The van der Waals surface area contributed by atoms with E-state index in [2.05, 4.69) is 0 Å². The van der Waals surface area contributed by atoms with Crippen molar-refractivity contribution in [3.8, 4) is 11.5 Å². The first-order chi connectivity index (χ1) is 11.4. The first-order valence-electron chi connectivity index (χ1n) is 6.38. The average Bonchev–Trinajstić information content (AvgIpc) is 2.54. The van der Waals surface area contributed by atoms with Crippen LogP contribution in [0.25, 0.3) is 0 Å². The molecule has 8 heteroatoms. The van der Waals surface area contributed by atoms with E-state index in [0.717, 1.165) is 12.2 Å². The molecular weight excluding hydrogens is 398 g/mol. The first kappa shape index (κ1) is 18.6. The fraction of sp³-hybridized carbons (Fsp3) is 0. The Morgan fingerprint density at radius 2 is 1.08 bits per heavy atom. The summed E-state index contributed by atoms with van der Waals surface area (Å²) in [5, 5.41) is 0.658. The number of carbonyl (C=O) groups is 2. The molecular formula is C16H8Cl4O4. The summed E-state index contributed by atoms with van der Waals surface area (Å²) >= 11 is 23.4. The third-order valence-electron chi connectivity index (χ3n) is 2.61. The van der Waals surface area contributed by atoms with E-state index in [-0.39, 0.29) is 31.6 Å². The predicted octanol–water partition coefficient (Wildman–Crippen LogP) is 5.37. The van der Waals surface area contributed by atoms with Crippen molar-refractivity contribution in [2.24, 2.45) is 0 Å². The van der Waals surface area contributed by atoms with Crippen molar-refractivity contribution in [1.29, 1.82) is 0 Å². The van der Waals surface area contributed by atoms with E-state index < -0.39 is 11.9 Å². The lowest BCUT2D eigenvalue weighted by Crippen LogP contribution is -2.08. The van der Waals surface area contributed by atoms with Crippen LogP contribution >= 0.6 is 46.4 Å². The minimum absolute atomic E-state index is 0.0741. The molecule has 0 aliphatic rings. The van der Waals surface area contributed by atoms with Crippen LogP contribution in [0.2, 0.25) is 20.1 Å². The second kappa shape index (κ2) is 8.40. The van der Waals surface area contributed by atoms with Gasteiger partial charge in [-0.2, -0.15) is 0 Å². The van der Waals surface area contributed by atoms with Crippen LogP contribution in [0.15, 0.2) is 48.6 Å². The maximum atomic E-state index is 11.7. The predicted molar refractivity (Wildman–Crippen MR) is 93.3 cm³/mol. The van der Waals surface area contributed by atoms with E-state index in [1.807, 2.05) is 0 Å². The summed E-state index contributed by atoms with van der Waals surface area (Å²) in [6, 6.07) is 9.15. The number of halogens is 4. The molecule has 2 rings (SSSR count). The normalized spacial score (nSPS) is 10.7. The molecule has 4 nitrogen and oxygen atoms in total. The highest BCUT2D eigenvalue weighted by Crippen LogP contribution is 2.32. The highest BCUT2D eigenvalue weighted by atomic mass is 35.5. The monoisotopic (exact) mass is 404 g/mol. The zero-order valence-corrected chi connectivity index (χ0v) is 14.8. The SMILES string of the molecule is O=C(/C=C/C(=O)Oc1cccc(Cl)c1Cl)Oc1cccc(Cl)c1Cl. The minimum Gasteiger partial charge on any atom is -0.422 e. The van der Waals surface area contributed by atoms with E-state index in [1.165, 1.54) is 12.1 Å². The lowest BCUT2D eigenvalue weighted by atomic mass is 10.3. The quantitative estimate of drug-likeness (QED) is 0.390. The number of hydrogen-bond donors (Lipinski definition) is 0. The number of rotatable bonds is 4. The van der Waals surface area contributed by atoms with Gasteiger partial charge in [0.15, 0.2) is 11.5 Å². The lowest BCUT2D eigenvalue weighted by molar-refractivity contribution is -0.131. The molecule has 0 aliphatic heterocycles. The second-order valence-corrected chi connectivity index (χ2v) is 5.85. The molecule has 0 amide bonds. The van der Waals surface area contributed by atoms with Crippen molar-refractivity contribution in [3.05, 3.63) is 68.6 Å². The maximum Gasteiger partial charge on any atom is 0.336 e. The van der Waals surface area contributed by atoms with Crippen molar-refractivity contribution < 1.29 is 19.1 Å². The van der Waals surface area contributed by atoms with Crippen LogP contribution in [0.4, 0.5) is 0 Å². The Morgan fingerprint density at radius 3 is 1.46 bits per heavy atom. The topological polar surface area (TPSA) is 52.6 Å². The van der Waals surface area contributed by atoms with Crippen LogP contribution in [0, 0.1) is 0 Å². The van der Waals surface area contributed by atoms with E-state index >= 15 is 0 Å². The Labute approximate surface area is 157 Å². The lowest BCUT2D eigenvalue weighted by Gasteiger charge is -2.05. The Balaban J connectivity index is 1.99. The van der Waals surface area contributed by atoms with Crippen LogP contribution in [0.5, 0.6) is 11.5 Å². The Kier molecular flexibility index (Phi) is 6.52. The fourth-order valence-electron chi connectivity index (χ4n) is 1.55. The van der Waals surface area contributed by atoms with Gasteiger partial charge in [-0.05, 0) is 24.3 Å². The van der Waals surface area contributed by atoms with E-state index in [4.69, 9.17) is 55.9 Å². The van der Waals surface area contributed by atoms with Crippen LogP contribution in [-0.4, -0.2) is 11.9 Å². The molecule has 0 aliphatic carbocycles. The van der Waals surface area contributed by atoms with Gasteiger partial charge in [0, 0.05) is 12.2 Å². The third-order valence-corrected chi connectivity index (χ3v) is 4.21. The number of hydrogen-bond acceptors (Lipinski definition) is 4. The molecule has 0 spiro atoms. The molecule has 0 saturated carbocycles. The molecule has 0 aromatic heterocycles. The van der Waals surface area contributed by atoms with E-state index in [1.54, 1.807) is 24.3 Å². The highest BCUT2D eigenvalue weighted by Gasteiger charge is 2.11. The zero-order chi connectivity index (χ0) is 17.7. The van der Waals surface area contributed by atoms with Gasteiger partial charge in [-0.15, -0.1) is 0 Å². The molecule has 0 radical (unpaired) electrons. The van der Waals surface area contributed by atoms with Crippen LogP contribution < -0.4 is 9.47 Å². The molecule has 2 aromatic carbocycles. The number of benzene rings is 2. The van der Waals surface area contributed by atoms with Gasteiger partial charge in [0.1, 0.15) is 10.0 Å². The Bertz CT molecular complexity index is 750. The van der Waals surface area contributed by atoms with Gasteiger partial charge < -0.3 is 9.47 Å². The number of carbonyl (C=O) groups excluding carboxylic acids is 2. The van der Waals surface area contributed by atoms with Crippen LogP contribution in [0.3, 0.4) is 0 Å². The van der Waals surface area contributed by atoms with Crippen molar-refractivity contribution in [1.82, 2.24) is 0 Å². The molecule has 0 bridgehead atoms. The summed E-state index contributed by atoms with van der Waals surface area (Å²) in [7, 11) is 0. The molecule has 0 fully saturated rings. The average molecular weight is 406 g/mol. The summed E-state index contributed by atoms with van der Waals surface area (Å²) < 4.78 is 9.94. The van der Waals surface area contributed by atoms with Gasteiger partial charge in [-0.1, -0.05) is 58.5 Å². The molecule has 0 N–H and O–H groups in total. The van der Waals surface area contributed by atoms with Gasteiger partial charge in [0.2, 0.25) is 0 Å². The number of ether oxygens (including phenoxy) is 2. The standard InChI is InChI=1S/C16H8Cl4O4/c17-9-3-1-5-11(15(9)19)23-13(21)7-8-14(22)24-12-6-2-4-10(18)16(12)20/h1-8H/b8-7+. The molecule has 0 heterocycles. The van der Waals surface area contributed by atoms with Gasteiger partial charge in [-0.3, -0.25) is 0 Å². The Morgan fingerprint density at radius 1 is 0.708 bits per heavy atom. The maximum absolute atomic E-state index is 11.7. The third kappa shape index (κ3) is 4.89. The van der Waals surface area contributed by atoms with Crippen molar-refractivity contribution in [2.75, 3.05) is 0 Å². The molecule has 24 heavy (non-hydrogen) atoms. The molecule has 124 valence electrons. The molecule has 0 saturated heterocycles. The van der Waals surface area contributed by atoms with E-state index in [9.17, 15) is 9.59 Å². The van der Waals surface area contributed by atoms with Crippen LogP contribution in [-0.2, 0) is 9.59 Å². The fourth-order valence-corrected chi connectivity index (χ4v) is 2.21. The zero-order valence-electron chi connectivity index (χ0n) is 11.8. The first-order valence-corrected chi connectivity index (χ1v) is 7.89. The smallest absolute Gasteiger partial charge is 0.336 e. The largest absolute Gasteiger partial charge is 0.422 e. The molecule has 0 unspecified atom stereocenters. The summed E-state index contributed by atoms with van der Waals surface area (Å²) in [6.45, 7) is 0. The van der Waals surface area contributed by atoms with Gasteiger partial charge in [-0.25, -0.2) is 9.59 Å². The summed E-state index contributed by atoms with van der Waals surface area (Å²) in [6.07, 6.45) is 1.77. The molecule has 2 aromatic rings. The van der Waals surface area contributed by atoms with Crippen molar-refractivity contribution in [3.63, 3.8) is 0 Å². The van der Waals surface area contributed by atoms with Crippen molar-refractivity contribution in [2.45, 2.75) is 0 Å². The number of esters is 2. The molecule has 0 atom stereocenters. The van der Waals surface area contributed by atoms with Crippen LogP contribution in [0.1, 0.15) is 0 Å². The van der Waals surface area contributed by atoms with Gasteiger partial charge in [0.25, 0.3) is 0 Å². The summed E-state index contributed by atoms with van der Waals surface area (Å²) in [4.78, 5) is 23.4. The highest BCUT2D eigenvalue weighted by molar-refractivity contribution is 6.43. The minimum atomic E-state index is -0.826. The van der Waals surface area contributed by atoms with E-state index in [0.29, 0.717) is 0 Å². The summed E-state index contributed by atoms with van der Waals surface area (Å²) in [5.41, 5.74) is 0. The second-order valence-electron chi connectivity index (χ2n) is 4.28. The van der Waals surface area contributed by atoms with Gasteiger partial charge >= 0.3 is 11.9 Å². The van der Waals surface area contributed by atoms with Crippen molar-refractivity contribution >= 4 is 58.3 Å². The Hall–Kier alpha value is -1.72.